The summed E-state index contributed by atoms with van der Waals surface area (Å²) in [6.45, 7) is 8.65. The number of fused-ring (bicyclic) bond motifs is 1. The minimum atomic E-state index is -1.45. The third-order valence-electron chi connectivity index (χ3n) is 2.74. The first kappa shape index (κ1) is 11.5. The fourth-order valence-electron chi connectivity index (χ4n) is 1.75. The van der Waals surface area contributed by atoms with Gasteiger partial charge in [-0.3, -0.25) is 9.36 Å². The van der Waals surface area contributed by atoms with Gasteiger partial charge in [-0.05, 0) is 6.92 Å². The molecule has 0 saturated heterocycles. The summed E-state index contributed by atoms with van der Waals surface area (Å²) in [7, 11) is 0.335. The van der Waals surface area contributed by atoms with E-state index in [4.69, 9.17) is 0 Å². The molecule has 3 nitrogen and oxygen atoms in total. The summed E-state index contributed by atoms with van der Waals surface area (Å²) < 4.78 is 2.90. The highest BCUT2D eigenvalue weighted by molar-refractivity contribution is 7.27. The van der Waals surface area contributed by atoms with Crippen LogP contribution in [0, 0.1) is 6.92 Å². The van der Waals surface area contributed by atoms with Crippen LogP contribution < -0.4 is 10.1 Å². The molecule has 2 aromatic rings. The first-order valence-electron chi connectivity index (χ1n) is 5.27. The molecule has 2 rings (SSSR count). The first-order chi connectivity index (χ1) is 7.32. The second-order valence-electron chi connectivity index (χ2n) is 5.10. The van der Waals surface area contributed by atoms with Gasteiger partial charge in [-0.15, -0.1) is 0 Å². The maximum atomic E-state index is 12.2. The Balaban J connectivity index is 2.93. The standard InChI is InChI=1S/C11H16N2OSSi/c1-7-12-8-6-15-11(16(3,4)5)9(8)10(14)13(7)2/h6H,1-5H3. The number of thiophene rings is 1. The van der Waals surface area contributed by atoms with Crippen LogP contribution in [0.4, 0.5) is 0 Å². The van der Waals surface area contributed by atoms with Crippen molar-refractivity contribution in [1.29, 1.82) is 0 Å². The molecule has 16 heavy (non-hydrogen) atoms. The van der Waals surface area contributed by atoms with Crippen LogP contribution in [-0.4, -0.2) is 17.6 Å². The smallest absolute Gasteiger partial charge is 0.261 e. The van der Waals surface area contributed by atoms with Crippen molar-refractivity contribution < 1.29 is 0 Å². The van der Waals surface area contributed by atoms with Crippen LogP contribution in [-0.2, 0) is 7.05 Å². The van der Waals surface area contributed by atoms with Gasteiger partial charge in [0.05, 0.1) is 19.0 Å². The van der Waals surface area contributed by atoms with E-state index in [2.05, 4.69) is 24.6 Å². The molecule has 86 valence electrons. The molecule has 5 heteroatoms. The van der Waals surface area contributed by atoms with Crippen molar-refractivity contribution in [3.63, 3.8) is 0 Å². The quantitative estimate of drug-likeness (QED) is 0.726. The lowest BCUT2D eigenvalue weighted by atomic mass is 10.4. The highest BCUT2D eigenvalue weighted by atomic mass is 32.1. The zero-order chi connectivity index (χ0) is 12.1. The third-order valence-corrected chi connectivity index (χ3v) is 7.32. The maximum Gasteiger partial charge on any atom is 0.261 e. The number of hydrogen-bond acceptors (Lipinski definition) is 3. The van der Waals surface area contributed by atoms with Crippen LogP contribution in [0.2, 0.25) is 19.6 Å². The van der Waals surface area contributed by atoms with Gasteiger partial charge >= 0.3 is 0 Å². The van der Waals surface area contributed by atoms with Gasteiger partial charge in [0.2, 0.25) is 0 Å². The van der Waals surface area contributed by atoms with Crippen molar-refractivity contribution in [3.05, 3.63) is 21.6 Å². The predicted octanol–water partition coefficient (Wildman–Crippen LogP) is 1.85. The van der Waals surface area contributed by atoms with Crippen LogP contribution in [0.5, 0.6) is 0 Å². The lowest BCUT2D eigenvalue weighted by Gasteiger charge is -2.14. The van der Waals surface area contributed by atoms with Crippen molar-refractivity contribution >= 4 is 34.8 Å². The topological polar surface area (TPSA) is 34.9 Å². The van der Waals surface area contributed by atoms with Crippen LogP contribution in [0.25, 0.3) is 10.9 Å². The Labute approximate surface area is 99.8 Å². The van der Waals surface area contributed by atoms with Gasteiger partial charge in [0, 0.05) is 16.9 Å². The van der Waals surface area contributed by atoms with Crippen molar-refractivity contribution in [3.8, 4) is 0 Å². The monoisotopic (exact) mass is 252 g/mol. The fourth-order valence-corrected chi connectivity index (χ4v) is 5.04. The molecule has 0 fully saturated rings. The molecule has 0 unspecified atom stereocenters. The van der Waals surface area contributed by atoms with Crippen LogP contribution in [0.1, 0.15) is 5.82 Å². The van der Waals surface area contributed by atoms with E-state index in [1.54, 1.807) is 23.0 Å². The normalized spacial score (nSPS) is 12.3. The molecule has 0 amide bonds. The van der Waals surface area contributed by atoms with Crippen LogP contribution >= 0.6 is 11.3 Å². The molecular formula is C11H16N2OSSi. The van der Waals surface area contributed by atoms with E-state index in [0.717, 1.165) is 16.7 Å². The highest BCUT2D eigenvalue weighted by Crippen LogP contribution is 2.17. The van der Waals surface area contributed by atoms with Crippen molar-refractivity contribution in [2.45, 2.75) is 26.6 Å². The van der Waals surface area contributed by atoms with Gasteiger partial charge in [0.1, 0.15) is 5.82 Å². The highest BCUT2D eigenvalue weighted by Gasteiger charge is 2.24. The lowest BCUT2D eigenvalue weighted by molar-refractivity contribution is 0.793. The van der Waals surface area contributed by atoms with Crippen molar-refractivity contribution in [1.82, 2.24) is 9.55 Å². The first-order valence-corrected chi connectivity index (χ1v) is 9.65. The van der Waals surface area contributed by atoms with E-state index in [1.165, 1.54) is 4.50 Å². The van der Waals surface area contributed by atoms with Gasteiger partial charge < -0.3 is 0 Å². The molecule has 0 saturated carbocycles. The second-order valence-corrected chi connectivity index (χ2v) is 11.3. The summed E-state index contributed by atoms with van der Waals surface area (Å²) in [6, 6.07) is 0. The molecule has 0 spiro atoms. The minimum absolute atomic E-state index is 0.0983. The van der Waals surface area contributed by atoms with Gasteiger partial charge in [-0.25, -0.2) is 4.98 Å². The Kier molecular flexibility index (Phi) is 2.55. The van der Waals surface area contributed by atoms with Gasteiger partial charge in [0.25, 0.3) is 5.56 Å². The summed E-state index contributed by atoms with van der Waals surface area (Å²) in [4.78, 5) is 16.7. The molecule has 0 aliphatic carbocycles. The fraction of sp³-hybridized carbons (Fsp3) is 0.455. The van der Waals surface area contributed by atoms with Gasteiger partial charge in [0.15, 0.2) is 0 Å². The predicted molar refractivity (Wildman–Crippen MR) is 72.6 cm³/mol. The molecule has 2 heterocycles. The zero-order valence-corrected chi connectivity index (χ0v) is 12.1. The number of rotatable bonds is 1. The number of aryl methyl sites for hydroxylation is 1. The van der Waals surface area contributed by atoms with E-state index in [-0.39, 0.29) is 5.56 Å². The average Bonchev–Trinajstić information content (AvgIpc) is 2.57. The van der Waals surface area contributed by atoms with Gasteiger partial charge in [-0.1, -0.05) is 19.6 Å². The Bertz CT molecular complexity index is 607. The zero-order valence-electron chi connectivity index (χ0n) is 10.3. The Morgan fingerprint density at radius 1 is 1.38 bits per heavy atom. The number of aromatic nitrogens is 2. The second kappa shape index (κ2) is 3.53. The summed E-state index contributed by atoms with van der Waals surface area (Å²) in [5.41, 5.74) is 0.962. The lowest BCUT2D eigenvalue weighted by Crippen LogP contribution is -2.38. The van der Waals surface area contributed by atoms with E-state index in [9.17, 15) is 4.79 Å². The Morgan fingerprint density at radius 3 is 2.56 bits per heavy atom. The Morgan fingerprint density at radius 2 is 2.00 bits per heavy atom. The van der Waals surface area contributed by atoms with E-state index in [0.29, 0.717) is 0 Å². The Hall–Kier alpha value is -0.943. The van der Waals surface area contributed by atoms with Gasteiger partial charge in [-0.2, -0.15) is 11.3 Å². The summed E-state index contributed by atoms with van der Waals surface area (Å²) in [5.74, 6) is 0.775. The summed E-state index contributed by atoms with van der Waals surface area (Å²) >= 11 is 1.69. The number of nitrogens with zero attached hydrogens (tertiary/aromatic N) is 2. The maximum absolute atomic E-state index is 12.2. The molecule has 0 atom stereocenters. The molecule has 0 aliphatic rings. The van der Waals surface area contributed by atoms with Crippen LogP contribution in [0.3, 0.4) is 0 Å². The van der Waals surface area contributed by atoms with Crippen LogP contribution in [0.15, 0.2) is 10.2 Å². The molecule has 0 aromatic carbocycles. The molecule has 0 aliphatic heterocycles. The molecule has 2 aromatic heterocycles. The van der Waals surface area contributed by atoms with Crippen molar-refractivity contribution in [2.75, 3.05) is 0 Å². The largest absolute Gasteiger partial charge is 0.299 e. The molecule has 0 bridgehead atoms. The third kappa shape index (κ3) is 1.64. The summed E-state index contributed by atoms with van der Waals surface area (Å²) in [6.07, 6.45) is 0. The average molecular weight is 252 g/mol. The van der Waals surface area contributed by atoms with E-state index < -0.39 is 8.07 Å². The molecule has 0 N–H and O–H groups in total. The SMILES string of the molecule is Cc1nc2csc([Si](C)(C)C)c2c(=O)n1C. The molecule has 0 radical (unpaired) electrons. The van der Waals surface area contributed by atoms with E-state index in [1.807, 2.05) is 12.3 Å². The van der Waals surface area contributed by atoms with E-state index >= 15 is 0 Å². The van der Waals surface area contributed by atoms with Crippen molar-refractivity contribution in [2.24, 2.45) is 7.05 Å². The number of hydrogen-bond donors (Lipinski definition) is 0. The molecular weight excluding hydrogens is 236 g/mol. The minimum Gasteiger partial charge on any atom is -0.299 e. The summed E-state index contributed by atoms with van der Waals surface area (Å²) in [5, 5.41) is 2.86.